The molecule has 2 aromatic heterocycles. The molecule has 5 heteroatoms. The van der Waals surface area contributed by atoms with Crippen LogP contribution in [0.5, 0.6) is 0 Å². The smallest absolute Gasteiger partial charge is 0.155 e. The summed E-state index contributed by atoms with van der Waals surface area (Å²) in [6, 6.07) is 4.18. The summed E-state index contributed by atoms with van der Waals surface area (Å²) in [6.07, 6.45) is 4.38. The summed E-state index contributed by atoms with van der Waals surface area (Å²) in [6.45, 7) is 6.12. The Bertz CT molecular complexity index is 527. The van der Waals surface area contributed by atoms with Gasteiger partial charge in [0.25, 0.3) is 0 Å². The van der Waals surface area contributed by atoms with Crippen molar-refractivity contribution in [1.29, 1.82) is 0 Å². The molecule has 0 saturated carbocycles. The highest BCUT2D eigenvalue weighted by Crippen LogP contribution is 2.10. The molecule has 0 aliphatic rings. The Morgan fingerprint density at radius 3 is 2.58 bits per heavy atom. The fourth-order valence-electron chi connectivity index (χ4n) is 1.99. The van der Waals surface area contributed by atoms with Gasteiger partial charge in [-0.1, -0.05) is 19.9 Å². The van der Waals surface area contributed by atoms with E-state index in [0.29, 0.717) is 0 Å². The van der Waals surface area contributed by atoms with Gasteiger partial charge in [-0.05, 0) is 25.0 Å². The normalized spacial score (nSPS) is 12.6. The molecule has 2 N–H and O–H groups in total. The summed E-state index contributed by atoms with van der Waals surface area (Å²) in [5.74, 6) is 2.63. The van der Waals surface area contributed by atoms with Gasteiger partial charge in [0.05, 0.1) is 0 Å². The lowest BCUT2D eigenvalue weighted by Gasteiger charge is -2.07. The van der Waals surface area contributed by atoms with Crippen molar-refractivity contribution in [2.24, 2.45) is 5.73 Å². The van der Waals surface area contributed by atoms with Crippen LogP contribution in [0.3, 0.4) is 0 Å². The number of pyridine rings is 1. The van der Waals surface area contributed by atoms with Crippen LogP contribution in [-0.2, 0) is 19.3 Å². The van der Waals surface area contributed by atoms with Crippen LogP contribution in [0.1, 0.15) is 38.0 Å². The molecule has 0 saturated heterocycles. The standard InChI is InChI=1S/C14H21N5/c1-4-12-17-13(5-2)19(18-12)14-7-6-11(9-16-14)8-10(3)15/h6-7,9-10H,4-5,8,15H2,1-3H3. The van der Waals surface area contributed by atoms with Crippen molar-refractivity contribution >= 4 is 0 Å². The van der Waals surface area contributed by atoms with Crippen molar-refractivity contribution in [2.75, 3.05) is 0 Å². The lowest BCUT2D eigenvalue weighted by atomic mass is 10.1. The van der Waals surface area contributed by atoms with Crippen LogP contribution >= 0.6 is 0 Å². The first-order valence-corrected chi connectivity index (χ1v) is 6.79. The Labute approximate surface area is 113 Å². The molecule has 1 atom stereocenters. The van der Waals surface area contributed by atoms with Gasteiger partial charge in [-0.15, -0.1) is 5.10 Å². The number of aromatic nitrogens is 4. The highest BCUT2D eigenvalue weighted by Gasteiger charge is 2.10. The maximum absolute atomic E-state index is 5.79. The summed E-state index contributed by atoms with van der Waals surface area (Å²) in [5, 5.41) is 4.48. The lowest BCUT2D eigenvalue weighted by Crippen LogP contribution is -2.18. The molecule has 0 aliphatic heterocycles. The number of hydrogen-bond acceptors (Lipinski definition) is 4. The predicted octanol–water partition coefficient (Wildman–Crippen LogP) is 1.68. The molecule has 0 radical (unpaired) electrons. The van der Waals surface area contributed by atoms with Gasteiger partial charge < -0.3 is 5.73 Å². The van der Waals surface area contributed by atoms with Crippen LogP contribution in [0, 0.1) is 0 Å². The zero-order chi connectivity index (χ0) is 13.8. The SMILES string of the molecule is CCc1nc(CC)n(-c2ccc(CC(C)N)cn2)n1. The van der Waals surface area contributed by atoms with Gasteiger partial charge >= 0.3 is 0 Å². The third-order valence-corrected chi connectivity index (χ3v) is 2.93. The molecular weight excluding hydrogens is 238 g/mol. The Hall–Kier alpha value is -1.75. The van der Waals surface area contributed by atoms with E-state index in [1.807, 2.05) is 23.9 Å². The zero-order valence-corrected chi connectivity index (χ0v) is 11.8. The summed E-state index contributed by atoms with van der Waals surface area (Å²) in [7, 11) is 0. The molecule has 0 spiro atoms. The first-order chi connectivity index (χ1) is 9.13. The Morgan fingerprint density at radius 2 is 2.05 bits per heavy atom. The fourth-order valence-corrected chi connectivity index (χ4v) is 1.99. The van der Waals surface area contributed by atoms with Gasteiger partial charge in [-0.3, -0.25) is 0 Å². The molecule has 0 aromatic carbocycles. The van der Waals surface area contributed by atoms with Crippen molar-refractivity contribution < 1.29 is 0 Å². The number of nitrogens with two attached hydrogens (primary N) is 1. The molecule has 102 valence electrons. The summed E-state index contributed by atoms with van der Waals surface area (Å²) < 4.78 is 1.83. The molecule has 2 aromatic rings. The van der Waals surface area contributed by atoms with E-state index in [4.69, 9.17) is 5.73 Å². The summed E-state index contributed by atoms with van der Waals surface area (Å²) in [4.78, 5) is 8.95. The van der Waals surface area contributed by atoms with Crippen LogP contribution in [-0.4, -0.2) is 25.8 Å². The maximum atomic E-state index is 5.79. The number of nitrogens with zero attached hydrogens (tertiary/aromatic N) is 4. The van der Waals surface area contributed by atoms with Crippen LogP contribution < -0.4 is 5.73 Å². The largest absolute Gasteiger partial charge is 0.328 e. The van der Waals surface area contributed by atoms with E-state index in [1.54, 1.807) is 0 Å². The minimum absolute atomic E-state index is 0.150. The van der Waals surface area contributed by atoms with Crippen LogP contribution in [0.4, 0.5) is 0 Å². The van der Waals surface area contributed by atoms with Crippen molar-refractivity contribution in [2.45, 2.75) is 46.1 Å². The van der Waals surface area contributed by atoms with Gasteiger partial charge in [-0.25, -0.2) is 9.97 Å². The predicted molar refractivity (Wildman–Crippen MR) is 75.3 cm³/mol. The van der Waals surface area contributed by atoms with Gasteiger partial charge in [0, 0.05) is 25.1 Å². The maximum Gasteiger partial charge on any atom is 0.155 e. The van der Waals surface area contributed by atoms with E-state index >= 15 is 0 Å². The van der Waals surface area contributed by atoms with Crippen molar-refractivity contribution in [3.63, 3.8) is 0 Å². The first-order valence-electron chi connectivity index (χ1n) is 6.79. The molecule has 0 bridgehead atoms. The van der Waals surface area contributed by atoms with Crippen molar-refractivity contribution in [1.82, 2.24) is 19.7 Å². The minimum Gasteiger partial charge on any atom is -0.328 e. The summed E-state index contributed by atoms with van der Waals surface area (Å²) >= 11 is 0. The molecule has 0 aliphatic carbocycles. The quantitative estimate of drug-likeness (QED) is 0.887. The third kappa shape index (κ3) is 3.17. The number of rotatable bonds is 5. The van der Waals surface area contributed by atoms with Crippen molar-refractivity contribution in [3.05, 3.63) is 35.5 Å². The average Bonchev–Trinajstić information content (AvgIpc) is 2.82. The highest BCUT2D eigenvalue weighted by molar-refractivity contribution is 5.26. The molecule has 2 heterocycles. The lowest BCUT2D eigenvalue weighted by molar-refractivity contribution is 0.730. The second-order valence-electron chi connectivity index (χ2n) is 4.77. The van der Waals surface area contributed by atoms with Gasteiger partial charge in [-0.2, -0.15) is 4.68 Å². The minimum atomic E-state index is 0.150. The first kappa shape index (κ1) is 13.7. The fraction of sp³-hybridized carbons (Fsp3) is 0.500. The van der Waals surface area contributed by atoms with Crippen LogP contribution in [0.25, 0.3) is 5.82 Å². The van der Waals surface area contributed by atoms with E-state index in [1.165, 1.54) is 0 Å². The monoisotopic (exact) mass is 259 g/mol. The molecular formula is C14H21N5. The van der Waals surface area contributed by atoms with Gasteiger partial charge in [0.15, 0.2) is 11.6 Å². The second-order valence-corrected chi connectivity index (χ2v) is 4.77. The van der Waals surface area contributed by atoms with Crippen LogP contribution in [0.2, 0.25) is 0 Å². The van der Waals surface area contributed by atoms with Crippen LogP contribution in [0.15, 0.2) is 18.3 Å². The van der Waals surface area contributed by atoms with Gasteiger partial charge in [0.2, 0.25) is 0 Å². The molecule has 0 amide bonds. The Balaban J connectivity index is 2.28. The van der Waals surface area contributed by atoms with E-state index in [0.717, 1.165) is 42.3 Å². The topological polar surface area (TPSA) is 69.6 Å². The van der Waals surface area contributed by atoms with Gasteiger partial charge in [0.1, 0.15) is 5.82 Å². The van der Waals surface area contributed by atoms with E-state index in [9.17, 15) is 0 Å². The number of aryl methyl sites for hydroxylation is 2. The van der Waals surface area contributed by atoms with Crippen molar-refractivity contribution in [3.8, 4) is 5.82 Å². The number of hydrogen-bond donors (Lipinski definition) is 1. The molecule has 5 nitrogen and oxygen atoms in total. The van der Waals surface area contributed by atoms with E-state index in [-0.39, 0.29) is 6.04 Å². The second kappa shape index (κ2) is 5.93. The molecule has 1 unspecified atom stereocenters. The Kier molecular flexibility index (Phi) is 4.27. The third-order valence-electron chi connectivity index (χ3n) is 2.93. The zero-order valence-electron chi connectivity index (χ0n) is 11.8. The summed E-state index contributed by atoms with van der Waals surface area (Å²) in [5.41, 5.74) is 6.93. The molecule has 2 rings (SSSR count). The Morgan fingerprint density at radius 1 is 1.26 bits per heavy atom. The van der Waals surface area contributed by atoms with E-state index in [2.05, 4.69) is 35.0 Å². The van der Waals surface area contributed by atoms with E-state index < -0.39 is 0 Å². The molecule has 0 fully saturated rings. The highest BCUT2D eigenvalue weighted by atomic mass is 15.4. The average molecular weight is 259 g/mol. The molecule has 19 heavy (non-hydrogen) atoms.